The number of hydrogen-bond acceptors (Lipinski definition) is 4. The second-order valence-corrected chi connectivity index (χ2v) is 3.01. The zero-order valence-corrected chi connectivity index (χ0v) is 6.86. The fourth-order valence-electron chi connectivity index (χ4n) is 0.819. The molecule has 0 spiro atoms. The molecule has 0 bridgehead atoms. The van der Waals surface area contributed by atoms with Crippen molar-refractivity contribution >= 4 is 17.2 Å². The van der Waals surface area contributed by atoms with E-state index in [2.05, 4.69) is 9.97 Å². The van der Waals surface area contributed by atoms with Gasteiger partial charge in [0, 0.05) is 24.0 Å². The molecule has 0 aliphatic rings. The van der Waals surface area contributed by atoms with E-state index in [0.717, 1.165) is 0 Å². The van der Waals surface area contributed by atoms with Crippen LogP contribution in [0.1, 0.15) is 9.80 Å². The Labute approximate surface area is 72.5 Å². The Hall–Kier alpha value is -1.49. The van der Waals surface area contributed by atoms with E-state index < -0.39 is 0 Å². The van der Waals surface area contributed by atoms with Crippen LogP contribution in [-0.4, -0.2) is 20.4 Å². The molecule has 0 saturated heterocycles. The quantitative estimate of drug-likeness (QED) is 0.656. The molecule has 12 heavy (non-hydrogen) atoms. The largest absolute Gasteiger partial charge is 0.292 e. The van der Waals surface area contributed by atoms with Crippen molar-refractivity contribution < 1.29 is 4.79 Å². The summed E-state index contributed by atoms with van der Waals surface area (Å²) in [6.07, 6.45) is 6.23. The lowest BCUT2D eigenvalue weighted by Crippen LogP contribution is -2.08. The van der Waals surface area contributed by atoms with Gasteiger partial charge in [-0.05, 0) is 0 Å². The average Bonchev–Trinajstić information content (AvgIpc) is 2.77. The van der Waals surface area contributed by atoms with E-state index >= 15 is 0 Å². The van der Waals surface area contributed by atoms with Crippen LogP contribution >= 0.6 is 11.3 Å². The summed E-state index contributed by atoms with van der Waals surface area (Å²) in [6.45, 7) is 0. The number of aromatic nitrogens is 3. The summed E-state index contributed by atoms with van der Waals surface area (Å²) < 4.78 is 1.40. The molecule has 0 radical (unpaired) electrons. The minimum Gasteiger partial charge on any atom is -0.270 e. The van der Waals surface area contributed by atoms with Crippen LogP contribution in [-0.2, 0) is 0 Å². The highest BCUT2D eigenvalue weighted by atomic mass is 32.1. The molecule has 0 aliphatic heterocycles. The Kier molecular flexibility index (Phi) is 1.71. The maximum atomic E-state index is 11.4. The van der Waals surface area contributed by atoms with Crippen LogP contribution in [0.4, 0.5) is 0 Å². The van der Waals surface area contributed by atoms with Gasteiger partial charge in [-0.15, -0.1) is 11.3 Å². The maximum absolute atomic E-state index is 11.4. The standard InChI is InChI=1S/C7H5N3OS/c11-7(6-9-2-4-12-6)10-3-1-8-5-10/h1-5H. The summed E-state index contributed by atoms with van der Waals surface area (Å²) in [5.74, 6) is -0.137. The van der Waals surface area contributed by atoms with Crippen LogP contribution in [0.5, 0.6) is 0 Å². The summed E-state index contributed by atoms with van der Waals surface area (Å²) in [7, 11) is 0. The van der Waals surface area contributed by atoms with Gasteiger partial charge in [0.25, 0.3) is 5.91 Å². The van der Waals surface area contributed by atoms with Gasteiger partial charge in [-0.2, -0.15) is 0 Å². The summed E-state index contributed by atoms with van der Waals surface area (Å²) in [5, 5.41) is 2.25. The van der Waals surface area contributed by atoms with Crippen LogP contribution in [0.3, 0.4) is 0 Å². The smallest absolute Gasteiger partial charge is 0.270 e. The second kappa shape index (κ2) is 2.86. The van der Waals surface area contributed by atoms with Crippen molar-refractivity contribution in [3.63, 3.8) is 0 Å². The second-order valence-electron chi connectivity index (χ2n) is 2.11. The number of carbonyl (C=O) groups is 1. The van der Waals surface area contributed by atoms with E-state index in [0.29, 0.717) is 5.01 Å². The number of hydrogen-bond donors (Lipinski definition) is 0. The number of imidazole rings is 1. The zero-order valence-electron chi connectivity index (χ0n) is 6.04. The SMILES string of the molecule is O=C(c1nccs1)n1ccnc1. The van der Waals surface area contributed by atoms with Crippen molar-refractivity contribution in [2.45, 2.75) is 0 Å². The molecule has 0 aliphatic carbocycles. The van der Waals surface area contributed by atoms with Gasteiger partial charge in [0.15, 0.2) is 5.01 Å². The van der Waals surface area contributed by atoms with Crippen LogP contribution in [0.25, 0.3) is 0 Å². The van der Waals surface area contributed by atoms with E-state index in [1.54, 1.807) is 24.0 Å². The van der Waals surface area contributed by atoms with E-state index in [1.165, 1.54) is 22.2 Å². The van der Waals surface area contributed by atoms with Crippen molar-refractivity contribution in [3.05, 3.63) is 35.3 Å². The monoisotopic (exact) mass is 179 g/mol. The minimum absolute atomic E-state index is 0.137. The third-order valence-corrected chi connectivity index (χ3v) is 2.12. The van der Waals surface area contributed by atoms with Gasteiger partial charge in [0.2, 0.25) is 0 Å². The first-order valence-corrected chi connectivity index (χ1v) is 4.18. The highest BCUT2D eigenvalue weighted by Crippen LogP contribution is 2.05. The lowest BCUT2D eigenvalue weighted by Gasteiger charge is -1.93. The first kappa shape index (κ1) is 7.17. The molecule has 0 aromatic carbocycles. The predicted molar refractivity (Wildman–Crippen MR) is 44.1 cm³/mol. The van der Waals surface area contributed by atoms with Gasteiger partial charge in [-0.1, -0.05) is 0 Å². The number of rotatable bonds is 1. The van der Waals surface area contributed by atoms with E-state index in [1.807, 2.05) is 0 Å². The molecule has 0 saturated carbocycles. The first-order chi connectivity index (χ1) is 5.88. The normalized spacial score (nSPS) is 10.0. The van der Waals surface area contributed by atoms with Crippen molar-refractivity contribution in [2.24, 2.45) is 0 Å². The van der Waals surface area contributed by atoms with E-state index in [4.69, 9.17) is 0 Å². The molecule has 4 nitrogen and oxygen atoms in total. The molecular weight excluding hydrogens is 174 g/mol. The molecule has 0 N–H and O–H groups in total. The van der Waals surface area contributed by atoms with Crippen LogP contribution in [0, 0.1) is 0 Å². The third kappa shape index (κ3) is 1.14. The first-order valence-electron chi connectivity index (χ1n) is 3.30. The molecule has 2 heterocycles. The van der Waals surface area contributed by atoms with Crippen molar-refractivity contribution in [2.75, 3.05) is 0 Å². The highest BCUT2D eigenvalue weighted by Gasteiger charge is 2.08. The molecular formula is C7H5N3OS. The van der Waals surface area contributed by atoms with Gasteiger partial charge in [-0.25, -0.2) is 9.97 Å². The molecule has 5 heteroatoms. The highest BCUT2D eigenvalue weighted by molar-refractivity contribution is 7.11. The van der Waals surface area contributed by atoms with E-state index in [9.17, 15) is 4.79 Å². The average molecular weight is 179 g/mol. The number of carbonyl (C=O) groups excluding carboxylic acids is 1. The Morgan fingerprint density at radius 2 is 2.42 bits per heavy atom. The fraction of sp³-hybridized carbons (Fsp3) is 0. The van der Waals surface area contributed by atoms with Crippen LogP contribution < -0.4 is 0 Å². The van der Waals surface area contributed by atoms with Crippen LogP contribution in [0.2, 0.25) is 0 Å². The Balaban J connectivity index is 2.34. The van der Waals surface area contributed by atoms with Crippen molar-refractivity contribution in [1.29, 1.82) is 0 Å². The van der Waals surface area contributed by atoms with Gasteiger partial charge >= 0.3 is 0 Å². The summed E-state index contributed by atoms with van der Waals surface area (Å²) >= 11 is 1.32. The van der Waals surface area contributed by atoms with Gasteiger partial charge < -0.3 is 0 Å². The Bertz CT molecular complexity index is 329. The Morgan fingerprint density at radius 1 is 1.50 bits per heavy atom. The Morgan fingerprint density at radius 3 is 3.00 bits per heavy atom. The molecule has 0 amide bonds. The summed E-state index contributed by atoms with van der Waals surface area (Å²) in [5.41, 5.74) is 0. The molecule has 2 aromatic heterocycles. The van der Waals surface area contributed by atoms with Gasteiger partial charge in [0.05, 0.1) is 0 Å². The predicted octanol–water partition coefficient (Wildman–Crippen LogP) is 1.03. The molecule has 0 fully saturated rings. The van der Waals surface area contributed by atoms with Crippen LogP contribution in [0.15, 0.2) is 30.3 Å². The maximum Gasteiger partial charge on any atom is 0.292 e. The number of thiazole rings is 1. The fourth-order valence-corrected chi connectivity index (χ4v) is 1.40. The summed E-state index contributed by atoms with van der Waals surface area (Å²) in [4.78, 5) is 19.1. The van der Waals surface area contributed by atoms with Crippen molar-refractivity contribution in [1.82, 2.24) is 14.5 Å². The molecule has 2 rings (SSSR count). The molecule has 2 aromatic rings. The summed E-state index contributed by atoms with van der Waals surface area (Å²) in [6, 6.07) is 0. The lowest BCUT2D eigenvalue weighted by atomic mass is 10.6. The minimum atomic E-state index is -0.137. The molecule has 60 valence electrons. The zero-order chi connectivity index (χ0) is 8.39. The topological polar surface area (TPSA) is 47.8 Å². The number of nitrogens with zero attached hydrogens (tertiary/aromatic N) is 3. The lowest BCUT2D eigenvalue weighted by molar-refractivity contribution is 0.0959. The molecule has 0 unspecified atom stereocenters. The molecule has 0 atom stereocenters. The van der Waals surface area contributed by atoms with Gasteiger partial charge in [0.1, 0.15) is 6.33 Å². The third-order valence-electron chi connectivity index (χ3n) is 1.35. The van der Waals surface area contributed by atoms with Gasteiger partial charge in [-0.3, -0.25) is 9.36 Å². The van der Waals surface area contributed by atoms with Crippen molar-refractivity contribution in [3.8, 4) is 0 Å². The van der Waals surface area contributed by atoms with E-state index in [-0.39, 0.29) is 5.91 Å².